The normalized spacial score (nSPS) is 19.2. The maximum atomic E-state index is 13.5. The molecule has 8 nitrogen and oxygen atoms in total. The van der Waals surface area contributed by atoms with E-state index in [1.165, 1.54) is 0 Å². The molecule has 0 saturated heterocycles. The molecular formula is C35H39BrN6O2. The summed E-state index contributed by atoms with van der Waals surface area (Å²) < 4.78 is 3.18. The summed E-state index contributed by atoms with van der Waals surface area (Å²) in [5.74, 6) is 1.60. The highest BCUT2D eigenvalue weighted by atomic mass is 79.9. The van der Waals surface area contributed by atoms with E-state index in [-0.39, 0.29) is 29.2 Å². The molecule has 9 heteroatoms. The van der Waals surface area contributed by atoms with E-state index in [4.69, 9.17) is 0 Å². The topological polar surface area (TPSA) is 92.2 Å². The lowest BCUT2D eigenvalue weighted by Gasteiger charge is -2.30. The van der Waals surface area contributed by atoms with Crippen molar-refractivity contribution in [3.05, 3.63) is 88.2 Å². The van der Waals surface area contributed by atoms with Crippen LogP contribution in [0.15, 0.2) is 71.3 Å². The van der Waals surface area contributed by atoms with Gasteiger partial charge in [-0.15, -0.1) is 0 Å². The number of aromatic nitrogens is 3. The zero-order valence-electron chi connectivity index (χ0n) is 25.7. The third-order valence-electron chi connectivity index (χ3n) is 8.69. The van der Waals surface area contributed by atoms with Crippen LogP contribution in [0.5, 0.6) is 0 Å². The third-order valence-corrected chi connectivity index (χ3v) is 9.22. The van der Waals surface area contributed by atoms with Gasteiger partial charge in [-0.25, -0.2) is 4.98 Å². The zero-order valence-corrected chi connectivity index (χ0v) is 27.3. The molecular weight excluding hydrogens is 616 g/mol. The monoisotopic (exact) mass is 654 g/mol. The van der Waals surface area contributed by atoms with Crippen LogP contribution in [-0.4, -0.2) is 52.4 Å². The van der Waals surface area contributed by atoms with Gasteiger partial charge in [0.2, 0.25) is 5.95 Å². The van der Waals surface area contributed by atoms with Crippen LogP contribution in [0.3, 0.4) is 0 Å². The Kier molecular flexibility index (Phi) is 8.33. The molecule has 0 radical (unpaired) electrons. The van der Waals surface area contributed by atoms with Gasteiger partial charge in [0.25, 0.3) is 5.91 Å². The van der Waals surface area contributed by atoms with Crippen LogP contribution in [0.1, 0.15) is 72.4 Å². The summed E-state index contributed by atoms with van der Waals surface area (Å²) in [4.78, 5) is 37.7. The standard InChI is InChI=1S/C35H39BrN6O2/c1-35(2)20-30-28(31(43)21-35)19-29(22-8-10-24(36)11-9-22)42(30)27-7-5-6-23(18-27)33(44)38-25-12-14-26(15-13-25)39-34-37-17-16-32(40-34)41(3)4/h5-11,16-19,25-26H,12-15,20-21H2,1-4H3,(H,38,44)(H,37,39,40). The molecule has 0 aliphatic heterocycles. The lowest BCUT2D eigenvalue weighted by molar-refractivity contribution is 0.0906. The average Bonchev–Trinajstić information content (AvgIpc) is 3.37. The van der Waals surface area contributed by atoms with Gasteiger partial charge < -0.3 is 20.1 Å². The molecule has 2 aliphatic rings. The van der Waals surface area contributed by atoms with Gasteiger partial charge in [0.1, 0.15) is 5.82 Å². The summed E-state index contributed by atoms with van der Waals surface area (Å²) in [6, 6.07) is 20.2. The lowest BCUT2D eigenvalue weighted by Crippen LogP contribution is -2.40. The van der Waals surface area contributed by atoms with Gasteiger partial charge in [-0.2, -0.15) is 4.98 Å². The quantitative estimate of drug-likeness (QED) is 0.221. The molecule has 4 aromatic rings. The number of rotatable bonds is 7. The van der Waals surface area contributed by atoms with Crippen molar-refractivity contribution in [3.63, 3.8) is 0 Å². The van der Waals surface area contributed by atoms with Gasteiger partial charge >= 0.3 is 0 Å². The number of halogens is 1. The summed E-state index contributed by atoms with van der Waals surface area (Å²) in [6.07, 6.45) is 6.70. The third kappa shape index (κ3) is 6.43. The Hall–Kier alpha value is -3.98. The van der Waals surface area contributed by atoms with Crippen LogP contribution in [0.25, 0.3) is 16.9 Å². The molecule has 2 aromatic heterocycles. The Morgan fingerprint density at radius 2 is 1.70 bits per heavy atom. The summed E-state index contributed by atoms with van der Waals surface area (Å²) >= 11 is 3.54. The second-order valence-electron chi connectivity index (χ2n) is 13.0. The van der Waals surface area contributed by atoms with Gasteiger partial charge in [-0.3, -0.25) is 9.59 Å². The van der Waals surface area contributed by atoms with Gasteiger partial charge in [-0.1, -0.05) is 48.0 Å². The minimum atomic E-state index is -0.138. The van der Waals surface area contributed by atoms with Crippen LogP contribution < -0.4 is 15.5 Å². The first kappa shape index (κ1) is 30.1. The number of anilines is 2. The van der Waals surface area contributed by atoms with Gasteiger partial charge in [-0.05, 0) is 85.5 Å². The Labute approximate surface area is 267 Å². The number of Topliss-reactive ketones (excluding diaryl/α,β-unsaturated/α-hetero) is 1. The molecule has 2 N–H and O–H groups in total. The maximum Gasteiger partial charge on any atom is 0.251 e. The second kappa shape index (κ2) is 12.2. The number of ketones is 1. The smallest absolute Gasteiger partial charge is 0.251 e. The predicted octanol–water partition coefficient (Wildman–Crippen LogP) is 7.07. The predicted molar refractivity (Wildman–Crippen MR) is 179 cm³/mol. The van der Waals surface area contributed by atoms with E-state index in [0.717, 1.165) is 70.6 Å². The Balaban J connectivity index is 1.20. The molecule has 1 amide bonds. The van der Waals surface area contributed by atoms with E-state index in [0.29, 0.717) is 17.9 Å². The van der Waals surface area contributed by atoms with Gasteiger partial charge in [0, 0.05) is 65.8 Å². The zero-order chi connectivity index (χ0) is 31.0. The van der Waals surface area contributed by atoms with Crippen molar-refractivity contribution in [2.75, 3.05) is 24.3 Å². The summed E-state index contributed by atoms with van der Waals surface area (Å²) in [7, 11) is 3.93. The Morgan fingerprint density at radius 3 is 2.43 bits per heavy atom. The molecule has 0 unspecified atom stereocenters. The molecule has 2 aromatic carbocycles. The number of fused-ring (bicyclic) bond motifs is 1. The van der Waals surface area contributed by atoms with E-state index < -0.39 is 0 Å². The molecule has 1 saturated carbocycles. The van der Waals surface area contributed by atoms with Crippen LogP contribution in [0.2, 0.25) is 0 Å². The van der Waals surface area contributed by atoms with Crippen LogP contribution in [-0.2, 0) is 6.42 Å². The van der Waals surface area contributed by atoms with Crippen molar-refractivity contribution in [2.24, 2.45) is 5.41 Å². The number of carbonyl (C=O) groups is 2. The lowest BCUT2D eigenvalue weighted by atomic mass is 9.76. The van der Waals surface area contributed by atoms with E-state index >= 15 is 0 Å². The molecule has 6 rings (SSSR count). The highest BCUT2D eigenvalue weighted by Crippen LogP contribution is 2.40. The second-order valence-corrected chi connectivity index (χ2v) is 13.9. The van der Waals surface area contributed by atoms with Crippen LogP contribution >= 0.6 is 15.9 Å². The number of hydrogen-bond acceptors (Lipinski definition) is 6. The van der Waals surface area contributed by atoms with E-state index in [1.807, 2.05) is 67.5 Å². The first-order valence-corrected chi connectivity index (χ1v) is 16.1. The summed E-state index contributed by atoms with van der Waals surface area (Å²) in [5.41, 5.74) is 5.12. The molecule has 44 heavy (non-hydrogen) atoms. The van der Waals surface area contributed by atoms with Crippen molar-refractivity contribution in [1.29, 1.82) is 0 Å². The van der Waals surface area contributed by atoms with Crippen molar-refractivity contribution in [2.45, 2.75) is 64.5 Å². The Bertz CT molecular complexity index is 1690. The van der Waals surface area contributed by atoms with Gasteiger partial charge in [0.15, 0.2) is 5.78 Å². The van der Waals surface area contributed by atoms with Crippen molar-refractivity contribution in [1.82, 2.24) is 19.9 Å². The molecule has 0 spiro atoms. The maximum absolute atomic E-state index is 13.5. The molecule has 1 fully saturated rings. The van der Waals surface area contributed by atoms with Crippen molar-refractivity contribution < 1.29 is 9.59 Å². The fourth-order valence-electron chi connectivity index (χ4n) is 6.43. The van der Waals surface area contributed by atoms with Crippen molar-refractivity contribution in [3.8, 4) is 16.9 Å². The van der Waals surface area contributed by atoms with E-state index in [1.54, 1.807) is 6.20 Å². The average molecular weight is 656 g/mol. The summed E-state index contributed by atoms with van der Waals surface area (Å²) in [5, 5.41) is 6.75. The first-order chi connectivity index (χ1) is 21.1. The molecule has 228 valence electrons. The highest BCUT2D eigenvalue weighted by molar-refractivity contribution is 9.10. The number of amides is 1. The number of nitrogens with one attached hydrogen (secondary N) is 2. The number of benzene rings is 2. The SMILES string of the molecule is CN(C)c1ccnc(NC2CCC(NC(=O)c3cccc(-n4c(-c5ccc(Br)cc5)cc5c4CC(C)(C)CC5=O)c3)CC2)n1. The minimum Gasteiger partial charge on any atom is -0.363 e. The van der Waals surface area contributed by atoms with Gasteiger partial charge in [0.05, 0.1) is 5.69 Å². The minimum absolute atomic E-state index is 0.0760. The Morgan fingerprint density at radius 1 is 0.977 bits per heavy atom. The largest absolute Gasteiger partial charge is 0.363 e. The van der Waals surface area contributed by atoms with E-state index in [9.17, 15) is 9.59 Å². The number of carbonyl (C=O) groups excluding carboxylic acids is 2. The molecule has 2 aliphatic carbocycles. The number of nitrogens with zero attached hydrogens (tertiary/aromatic N) is 4. The van der Waals surface area contributed by atoms with E-state index in [2.05, 4.69) is 67.1 Å². The van der Waals surface area contributed by atoms with Crippen LogP contribution in [0, 0.1) is 5.41 Å². The molecule has 0 bridgehead atoms. The number of hydrogen-bond donors (Lipinski definition) is 2. The molecule has 0 atom stereocenters. The van der Waals surface area contributed by atoms with Crippen LogP contribution in [0.4, 0.5) is 11.8 Å². The highest BCUT2D eigenvalue weighted by Gasteiger charge is 2.35. The molecule has 2 heterocycles. The summed E-state index contributed by atoms with van der Waals surface area (Å²) in [6.45, 7) is 4.29. The fraction of sp³-hybridized carbons (Fsp3) is 0.371. The van der Waals surface area contributed by atoms with Crippen molar-refractivity contribution >= 4 is 39.4 Å². The first-order valence-electron chi connectivity index (χ1n) is 15.3. The fourth-order valence-corrected chi connectivity index (χ4v) is 6.69.